The third-order valence-corrected chi connectivity index (χ3v) is 2.67. The molecule has 3 aromatic rings. The number of fused-ring (bicyclic) bond motifs is 3. The molecule has 0 aliphatic carbocycles. The summed E-state index contributed by atoms with van der Waals surface area (Å²) in [6.07, 6.45) is 1.61. The third kappa shape index (κ3) is 1.09. The van der Waals surface area contributed by atoms with E-state index < -0.39 is 0 Å². The van der Waals surface area contributed by atoms with Crippen molar-refractivity contribution in [3.8, 4) is 0 Å². The summed E-state index contributed by atoms with van der Waals surface area (Å²) in [4.78, 5) is 11.5. The van der Waals surface area contributed by atoms with Gasteiger partial charge in [-0.05, 0) is 5.39 Å². The first kappa shape index (κ1) is 9.11. The summed E-state index contributed by atoms with van der Waals surface area (Å²) < 4.78 is 1.41. The van der Waals surface area contributed by atoms with Crippen molar-refractivity contribution in [3.63, 3.8) is 0 Å². The molecule has 0 atom stereocenters. The lowest BCUT2D eigenvalue weighted by atomic mass is 10.1. The van der Waals surface area contributed by atoms with Gasteiger partial charge >= 0.3 is 5.69 Å². The first-order valence-corrected chi connectivity index (χ1v) is 4.89. The van der Waals surface area contributed by atoms with Gasteiger partial charge in [0.15, 0.2) is 5.65 Å². The molecular weight excluding hydrogens is 206 g/mol. The molecule has 0 saturated carbocycles. The molecule has 3 rings (SSSR count). The molecule has 0 radical (unpaired) electrons. The van der Waals surface area contributed by atoms with Crippen LogP contribution in [-0.2, 0) is 6.61 Å². The Morgan fingerprint density at radius 1 is 1.31 bits per heavy atom. The van der Waals surface area contributed by atoms with Crippen LogP contribution < -0.4 is 5.69 Å². The predicted octanol–water partition coefficient (Wildman–Crippen LogP) is 0.668. The van der Waals surface area contributed by atoms with Gasteiger partial charge in [0.05, 0.1) is 6.61 Å². The number of hydrogen-bond acceptors (Lipinski definition) is 3. The van der Waals surface area contributed by atoms with E-state index in [1.165, 1.54) is 4.40 Å². The highest BCUT2D eigenvalue weighted by Crippen LogP contribution is 2.21. The average Bonchev–Trinajstić information content (AvgIpc) is 2.70. The van der Waals surface area contributed by atoms with Gasteiger partial charge in [0.25, 0.3) is 0 Å². The average molecular weight is 215 g/mol. The smallest absolute Gasteiger partial charge is 0.347 e. The number of aromatic amines is 1. The Morgan fingerprint density at radius 2 is 2.06 bits per heavy atom. The van der Waals surface area contributed by atoms with Gasteiger partial charge in [-0.15, -0.1) is 0 Å². The maximum absolute atomic E-state index is 11.5. The summed E-state index contributed by atoms with van der Waals surface area (Å²) in [7, 11) is 0. The first-order chi connectivity index (χ1) is 7.81. The highest BCUT2D eigenvalue weighted by atomic mass is 16.3. The molecule has 0 bridgehead atoms. The van der Waals surface area contributed by atoms with Crippen molar-refractivity contribution >= 4 is 16.4 Å². The van der Waals surface area contributed by atoms with E-state index in [2.05, 4.69) is 10.2 Å². The number of benzene rings is 1. The zero-order valence-corrected chi connectivity index (χ0v) is 8.34. The summed E-state index contributed by atoms with van der Waals surface area (Å²) in [6, 6.07) is 7.55. The molecule has 0 saturated heterocycles. The minimum atomic E-state index is -0.296. The van der Waals surface area contributed by atoms with Gasteiger partial charge < -0.3 is 5.11 Å². The van der Waals surface area contributed by atoms with Crippen molar-refractivity contribution < 1.29 is 5.11 Å². The highest BCUT2D eigenvalue weighted by molar-refractivity contribution is 5.95. The monoisotopic (exact) mass is 215 g/mol. The largest absolute Gasteiger partial charge is 0.392 e. The van der Waals surface area contributed by atoms with Crippen LogP contribution >= 0.6 is 0 Å². The molecule has 0 aliphatic heterocycles. The predicted molar refractivity (Wildman–Crippen MR) is 59.2 cm³/mol. The summed E-state index contributed by atoms with van der Waals surface area (Å²) in [5.74, 6) is 0. The Kier molecular flexibility index (Phi) is 1.81. The van der Waals surface area contributed by atoms with Gasteiger partial charge in [-0.3, -0.25) is 0 Å². The number of aromatic nitrogens is 3. The molecule has 0 fully saturated rings. The zero-order chi connectivity index (χ0) is 11.1. The highest BCUT2D eigenvalue weighted by Gasteiger charge is 2.08. The van der Waals surface area contributed by atoms with Crippen molar-refractivity contribution in [3.05, 3.63) is 46.5 Å². The molecule has 2 aromatic heterocycles. The number of aliphatic hydroxyl groups excluding tert-OH is 1. The quantitative estimate of drug-likeness (QED) is 0.626. The van der Waals surface area contributed by atoms with E-state index >= 15 is 0 Å². The Balaban J connectivity index is 2.63. The van der Waals surface area contributed by atoms with Crippen molar-refractivity contribution in [2.45, 2.75) is 6.61 Å². The second kappa shape index (κ2) is 3.18. The Bertz CT molecular complexity index is 727. The summed E-state index contributed by atoms with van der Waals surface area (Å²) in [6.45, 7) is -0.103. The van der Waals surface area contributed by atoms with E-state index in [-0.39, 0.29) is 12.3 Å². The molecule has 5 nitrogen and oxygen atoms in total. The molecule has 5 heteroatoms. The zero-order valence-electron chi connectivity index (χ0n) is 8.34. The number of rotatable bonds is 1. The lowest BCUT2D eigenvalue weighted by Crippen LogP contribution is -2.09. The van der Waals surface area contributed by atoms with Crippen LogP contribution in [0.1, 0.15) is 5.56 Å². The van der Waals surface area contributed by atoms with Crippen LogP contribution in [0.25, 0.3) is 16.4 Å². The Labute approximate surface area is 90.0 Å². The van der Waals surface area contributed by atoms with Crippen molar-refractivity contribution in [2.24, 2.45) is 0 Å². The van der Waals surface area contributed by atoms with E-state index in [9.17, 15) is 9.90 Å². The number of nitrogens with zero attached hydrogens (tertiary/aromatic N) is 2. The summed E-state index contributed by atoms with van der Waals surface area (Å²) >= 11 is 0. The van der Waals surface area contributed by atoms with Crippen LogP contribution in [0, 0.1) is 0 Å². The van der Waals surface area contributed by atoms with Crippen LogP contribution in [0.15, 0.2) is 35.3 Å². The van der Waals surface area contributed by atoms with Crippen molar-refractivity contribution in [1.29, 1.82) is 0 Å². The minimum absolute atomic E-state index is 0.103. The van der Waals surface area contributed by atoms with Crippen molar-refractivity contribution in [2.75, 3.05) is 0 Å². The normalized spacial score (nSPS) is 11.3. The van der Waals surface area contributed by atoms with E-state index in [1.807, 2.05) is 24.3 Å². The topological polar surface area (TPSA) is 70.4 Å². The molecule has 0 amide bonds. The minimum Gasteiger partial charge on any atom is -0.392 e. The van der Waals surface area contributed by atoms with Gasteiger partial charge in [-0.1, -0.05) is 24.3 Å². The fourth-order valence-corrected chi connectivity index (χ4v) is 1.92. The van der Waals surface area contributed by atoms with E-state index in [0.29, 0.717) is 11.2 Å². The van der Waals surface area contributed by atoms with Gasteiger partial charge in [0.2, 0.25) is 0 Å². The molecule has 1 aromatic carbocycles. The van der Waals surface area contributed by atoms with E-state index in [4.69, 9.17) is 0 Å². The van der Waals surface area contributed by atoms with E-state index in [1.54, 1.807) is 6.20 Å². The molecular formula is C11H9N3O2. The van der Waals surface area contributed by atoms with Crippen LogP contribution in [-0.4, -0.2) is 19.7 Å². The van der Waals surface area contributed by atoms with Crippen molar-refractivity contribution in [1.82, 2.24) is 14.6 Å². The lowest BCUT2D eigenvalue weighted by molar-refractivity contribution is 0.283. The number of pyridine rings is 1. The fourth-order valence-electron chi connectivity index (χ4n) is 1.92. The second-order valence-corrected chi connectivity index (χ2v) is 3.58. The lowest BCUT2D eigenvalue weighted by Gasteiger charge is -2.04. The Morgan fingerprint density at radius 3 is 2.81 bits per heavy atom. The fraction of sp³-hybridized carbons (Fsp3) is 0.0909. The van der Waals surface area contributed by atoms with Crippen LogP contribution in [0.2, 0.25) is 0 Å². The molecule has 0 spiro atoms. The van der Waals surface area contributed by atoms with Crippen LogP contribution in [0.3, 0.4) is 0 Å². The SMILES string of the molecule is O=c1[nH]nc2c3ccccc3c(CO)cn12. The van der Waals surface area contributed by atoms with Crippen LogP contribution in [0.5, 0.6) is 0 Å². The van der Waals surface area contributed by atoms with Gasteiger partial charge in [0, 0.05) is 17.1 Å². The maximum atomic E-state index is 11.5. The number of H-pyrrole nitrogens is 1. The van der Waals surface area contributed by atoms with Gasteiger partial charge in [-0.25, -0.2) is 14.3 Å². The molecule has 2 heterocycles. The van der Waals surface area contributed by atoms with Gasteiger partial charge in [-0.2, -0.15) is 5.10 Å². The van der Waals surface area contributed by atoms with Gasteiger partial charge in [0.1, 0.15) is 0 Å². The van der Waals surface area contributed by atoms with E-state index in [0.717, 1.165) is 10.8 Å². The number of hydrogen-bond donors (Lipinski definition) is 2. The molecule has 80 valence electrons. The second-order valence-electron chi connectivity index (χ2n) is 3.58. The van der Waals surface area contributed by atoms with Crippen LogP contribution in [0.4, 0.5) is 0 Å². The molecule has 0 unspecified atom stereocenters. The molecule has 2 N–H and O–H groups in total. The standard InChI is InChI=1S/C11H9N3O2/c15-6-7-5-14-10(12-13-11(14)16)9-4-2-1-3-8(7)9/h1-5,15H,6H2,(H,13,16). The number of aliphatic hydroxyl groups is 1. The summed E-state index contributed by atoms with van der Waals surface area (Å²) in [5.41, 5.74) is 1.000. The Hall–Kier alpha value is -2.14. The maximum Gasteiger partial charge on any atom is 0.347 e. The first-order valence-electron chi connectivity index (χ1n) is 4.89. The molecule has 0 aliphatic rings. The number of nitrogens with one attached hydrogen (secondary N) is 1. The third-order valence-electron chi connectivity index (χ3n) is 2.67. The molecule has 16 heavy (non-hydrogen) atoms. The summed E-state index contributed by atoms with van der Waals surface area (Å²) in [5, 5.41) is 17.4.